The van der Waals surface area contributed by atoms with Gasteiger partial charge in [0.05, 0.1) is 26.4 Å². The molecule has 3 N–H and O–H groups in total. The van der Waals surface area contributed by atoms with Gasteiger partial charge in [-0.15, -0.1) is 0 Å². The minimum absolute atomic E-state index is 0.0246. The molecule has 0 amide bonds. The fourth-order valence-electron chi connectivity index (χ4n) is 11.6. The van der Waals surface area contributed by atoms with Crippen LogP contribution in [0.2, 0.25) is 0 Å². The molecule has 0 aliphatic heterocycles. The highest BCUT2D eigenvalue weighted by atomic mass is 31.2. The first kappa shape index (κ1) is 98.8. The van der Waals surface area contributed by atoms with Crippen LogP contribution >= 0.6 is 15.6 Å². The van der Waals surface area contributed by atoms with Crippen molar-refractivity contribution in [2.75, 3.05) is 39.6 Å². The SMILES string of the molecule is CCCCC/C=C\C/C=C\C/C=C\C/C=C\CCCC(=O)O[C@H](COC(=O)CCCCCCCCCCCCCCCCC)COP(=O)(O)OC[C@H](O)COP(=O)(O)OC[C@@H](COC(=O)CCCCCCCCC/C=C\CCCCCC)OC(=O)CCCCCCCCCCCCCCCCC. The van der Waals surface area contributed by atoms with E-state index in [-0.39, 0.29) is 25.7 Å². The number of esters is 4. The van der Waals surface area contributed by atoms with Crippen LogP contribution in [-0.4, -0.2) is 96.7 Å². The number of phosphoric ester groups is 2. The number of aliphatic hydroxyl groups excluding tert-OH is 1. The number of phosphoric acid groups is 2. The second-order valence-electron chi connectivity index (χ2n) is 28.1. The molecule has 0 saturated carbocycles. The first-order valence-electron chi connectivity index (χ1n) is 41.5. The quantitative estimate of drug-likeness (QED) is 0.0169. The van der Waals surface area contributed by atoms with Gasteiger partial charge in [-0.05, 0) is 89.9 Å². The third kappa shape index (κ3) is 75.0. The van der Waals surface area contributed by atoms with Gasteiger partial charge in [0.15, 0.2) is 12.2 Å². The van der Waals surface area contributed by atoms with Gasteiger partial charge in [-0.2, -0.15) is 0 Å². The molecule has 2 unspecified atom stereocenters. The van der Waals surface area contributed by atoms with E-state index in [1.807, 2.05) is 12.2 Å². The number of hydrogen-bond donors (Lipinski definition) is 3. The third-order valence-electron chi connectivity index (χ3n) is 18.0. The molecule has 596 valence electrons. The molecule has 0 radical (unpaired) electrons. The van der Waals surface area contributed by atoms with E-state index >= 15 is 0 Å². The highest BCUT2D eigenvalue weighted by Crippen LogP contribution is 2.45. The molecule has 0 spiro atoms. The van der Waals surface area contributed by atoms with Crippen LogP contribution in [0, 0.1) is 0 Å². The summed E-state index contributed by atoms with van der Waals surface area (Å²) in [6, 6.07) is 0. The summed E-state index contributed by atoms with van der Waals surface area (Å²) in [5.74, 6) is -2.20. The van der Waals surface area contributed by atoms with Crippen LogP contribution in [0.15, 0.2) is 60.8 Å². The van der Waals surface area contributed by atoms with Gasteiger partial charge in [0, 0.05) is 25.7 Å². The zero-order chi connectivity index (χ0) is 74.6. The molecule has 0 aliphatic rings. The number of rotatable bonds is 79. The summed E-state index contributed by atoms with van der Waals surface area (Å²) in [6.45, 7) is 4.87. The maximum atomic E-state index is 13.1. The van der Waals surface area contributed by atoms with Crippen molar-refractivity contribution in [1.82, 2.24) is 0 Å². The van der Waals surface area contributed by atoms with Crippen LogP contribution in [0.5, 0.6) is 0 Å². The predicted molar refractivity (Wildman–Crippen MR) is 418 cm³/mol. The monoisotopic (exact) mass is 1480 g/mol. The number of unbranched alkanes of at least 4 members (excludes halogenated alkanes) is 43. The van der Waals surface area contributed by atoms with Crippen molar-refractivity contribution in [3.05, 3.63) is 60.8 Å². The Kier molecular flexibility index (Phi) is 73.6. The first-order valence-corrected chi connectivity index (χ1v) is 44.5. The smallest absolute Gasteiger partial charge is 0.462 e. The zero-order valence-corrected chi connectivity index (χ0v) is 67.1. The third-order valence-corrected chi connectivity index (χ3v) is 19.9. The van der Waals surface area contributed by atoms with Crippen LogP contribution in [0.1, 0.15) is 387 Å². The summed E-state index contributed by atoms with van der Waals surface area (Å²) in [6.07, 6.45) is 76.2. The Morgan fingerprint density at radius 1 is 0.275 bits per heavy atom. The van der Waals surface area contributed by atoms with Crippen molar-refractivity contribution in [3.8, 4) is 0 Å². The molecule has 0 saturated heterocycles. The summed E-state index contributed by atoms with van der Waals surface area (Å²) >= 11 is 0. The Bertz CT molecular complexity index is 2170. The van der Waals surface area contributed by atoms with Crippen molar-refractivity contribution in [2.45, 2.75) is 406 Å². The lowest BCUT2D eigenvalue weighted by atomic mass is 10.0. The lowest BCUT2D eigenvalue weighted by Crippen LogP contribution is -2.30. The predicted octanol–water partition coefficient (Wildman–Crippen LogP) is 24.2. The average molecular weight is 1480 g/mol. The topological polar surface area (TPSA) is 237 Å². The normalized spacial score (nSPS) is 14.1. The summed E-state index contributed by atoms with van der Waals surface area (Å²) in [7, 11) is -9.96. The van der Waals surface area contributed by atoms with Gasteiger partial charge in [-0.3, -0.25) is 37.3 Å². The second kappa shape index (κ2) is 76.0. The van der Waals surface area contributed by atoms with Crippen molar-refractivity contribution in [1.29, 1.82) is 0 Å². The van der Waals surface area contributed by atoms with E-state index in [2.05, 4.69) is 76.3 Å². The maximum absolute atomic E-state index is 13.1. The Hall–Kier alpha value is -3.24. The molecule has 0 aromatic rings. The highest BCUT2D eigenvalue weighted by molar-refractivity contribution is 7.47. The van der Waals surface area contributed by atoms with Gasteiger partial charge in [0.1, 0.15) is 19.3 Å². The van der Waals surface area contributed by atoms with E-state index in [0.29, 0.717) is 32.1 Å². The molecular formula is C83H152O17P2. The lowest BCUT2D eigenvalue weighted by molar-refractivity contribution is -0.161. The second-order valence-corrected chi connectivity index (χ2v) is 31.0. The van der Waals surface area contributed by atoms with Crippen LogP contribution in [0.25, 0.3) is 0 Å². The Balaban J connectivity index is 5.37. The fraction of sp³-hybridized carbons (Fsp3) is 0.831. The minimum atomic E-state index is -4.98. The number of ether oxygens (including phenoxy) is 4. The lowest BCUT2D eigenvalue weighted by Gasteiger charge is -2.21. The van der Waals surface area contributed by atoms with E-state index in [4.69, 9.17) is 37.0 Å². The average Bonchev–Trinajstić information content (AvgIpc) is 0.917. The largest absolute Gasteiger partial charge is 0.472 e. The van der Waals surface area contributed by atoms with E-state index < -0.39 is 97.5 Å². The number of hydrogen-bond acceptors (Lipinski definition) is 15. The van der Waals surface area contributed by atoms with Crippen LogP contribution in [0.3, 0.4) is 0 Å². The molecule has 0 rings (SSSR count). The molecule has 102 heavy (non-hydrogen) atoms. The summed E-state index contributed by atoms with van der Waals surface area (Å²) < 4.78 is 68.7. The van der Waals surface area contributed by atoms with Gasteiger partial charge in [0.2, 0.25) is 0 Å². The Morgan fingerprint density at radius 2 is 0.490 bits per heavy atom. The van der Waals surface area contributed by atoms with Crippen molar-refractivity contribution in [3.63, 3.8) is 0 Å². The van der Waals surface area contributed by atoms with Crippen LogP contribution in [0.4, 0.5) is 0 Å². The number of allylic oxidation sites excluding steroid dienone is 10. The van der Waals surface area contributed by atoms with Gasteiger partial charge in [0.25, 0.3) is 0 Å². The molecule has 0 aromatic carbocycles. The molecule has 0 heterocycles. The number of carbonyl (C=O) groups is 4. The van der Waals surface area contributed by atoms with E-state index in [1.54, 1.807) is 0 Å². The maximum Gasteiger partial charge on any atom is 0.472 e. The number of aliphatic hydroxyl groups is 1. The van der Waals surface area contributed by atoms with Crippen molar-refractivity contribution >= 4 is 39.5 Å². The van der Waals surface area contributed by atoms with Crippen molar-refractivity contribution in [2.24, 2.45) is 0 Å². The van der Waals surface area contributed by atoms with E-state index in [1.165, 1.54) is 193 Å². The summed E-state index contributed by atoms with van der Waals surface area (Å²) in [5, 5.41) is 10.6. The molecule has 5 atom stereocenters. The highest BCUT2D eigenvalue weighted by Gasteiger charge is 2.30. The molecule has 0 fully saturated rings. The first-order chi connectivity index (χ1) is 49.7. The van der Waals surface area contributed by atoms with Crippen LogP contribution in [-0.2, 0) is 65.4 Å². The molecule has 19 heteroatoms. The molecule has 0 aliphatic carbocycles. The van der Waals surface area contributed by atoms with E-state index in [9.17, 15) is 43.2 Å². The van der Waals surface area contributed by atoms with Crippen molar-refractivity contribution < 1.29 is 80.2 Å². The molecular weight excluding hydrogens is 1330 g/mol. The zero-order valence-electron chi connectivity index (χ0n) is 65.3. The van der Waals surface area contributed by atoms with Gasteiger partial charge < -0.3 is 33.8 Å². The van der Waals surface area contributed by atoms with E-state index in [0.717, 1.165) is 109 Å². The molecule has 0 bridgehead atoms. The molecule has 0 aromatic heterocycles. The Labute approximate surface area is 622 Å². The fourth-order valence-corrected chi connectivity index (χ4v) is 13.2. The summed E-state index contributed by atoms with van der Waals surface area (Å²) in [5.41, 5.74) is 0. The standard InChI is InChI=1S/C83H152O17P2/c1-5-9-13-17-21-25-29-33-37-38-42-46-50-54-58-62-66-70-83(88)100-79(74-94-81(86)68-64-60-56-52-48-44-40-35-31-27-23-19-15-11-7-3)76-98-102(91,92)96-72-77(84)71-95-101(89,90)97-75-78(99-82(87)69-65-61-57-53-49-45-41-36-32-28-24-20-16-12-8-4)73-93-80(85)67-63-59-55-51-47-43-39-34-30-26-22-18-14-10-6-2/h21,25-26,30,33,37,42,46,54,58,77-79,84H,5-20,22-24,27-29,31-32,34-36,38-41,43-45,47-53,55-57,59-76H2,1-4H3,(H,89,90)(H,91,92)/b25-21-,30-26-,37-33-,46-42-,58-54-/t77-,78-,79-/m1/s1. The van der Waals surface area contributed by atoms with Gasteiger partial charge in [-0.1, -0.05) is 332 Å². The van der Waals surface area contributed by atoms with Gasteiger partial charge in [-0.25, -0.2) is 9.13 Å². The van der Waals surface area contributed by atoms with Gasteiger partial charge >= 0.3 is 39.5 Å². The molecule has 17 nitrogen and oxygen atoms in total. The summed E-state index contributed by atoms with van der Waals surface area (Å²) in [4.78, 5) is 73.1. The van der Waals surface area contributed by atoms with Crippen LogP contribution < -0.4 is 0 Å². The number of carbonyl (C=O) groups excluding carboxylic acids is 4. The Morgan fingerprint density at radius 3 is 0.814 bits per heavy atom. The minimum Gasteiger partial charge on any atom is -0.462 e.